The summed E-state index contributed by atoms with van der Waals surface area (Å²) in [6.45, 7) is 27.4. The molecule has 0 fully saturated rings. The van der Waals surface area contributed by atoms with E-state index in [0.29, 0.717) is 0 Å². The highest BCUT2D eigenvalue weighted by atomic mass is 32.1. The second-order valence-corrected chi connectivity index (χ2v) is 23.1. The van der Waals surface area contributed by atoms with Gasteiger partial charge in [-0.2, -0.15) is 0 Å². The zero-order valence-corrected chi connectivity index (χ0v) is 41.1. The molecule has 0 radical (unpaired) electrons. The third-order valence-electron chi connectivity index (χ3n) is 13.0. The standard InChI is InChI=1S/C62H62N2S/c1-59(2,3)47-31-45(32-48(35-47)60(4,5)6)55-29-27-43(37-63-55)39-19-23-41(24-20-39)51-15-13-17-53-54-18-14-16-52(58(54)65-57(51)53)42-25-21-40(22-26-42)44-28-30-56(64-38-44)46-33-49(61(7,8)9)36-50(34-46)62(10,11)12/h13-38H,1-12H3. The first-order valence-corrected chi connectivity index (χ1v) is 23.9. The molecule has 3 heteroatoms. The van der Waals surface area contributed by atoms with Gasteiger partial charge in [0.25, 0.3) is 0 Å². The first-order chi connectivity index (χ1) is 30.7. The third kappa shape index (κ3) is 8.96. The Morgan fingerprint density at radius 3 is 0.908 bits per heavy atom. The number of thiophene rings is 1. The number of pyridine rings is 2. The summed E-state index contributed by atoms with van der Waals surface area (Å²) in [6, 6.07) is 54.2. The third-order valence-corrected chi connectivity index (χ3v) is 14.3. The molecular formula is C62H62N2S. The maximum atomic E-state index is 5.00. The lowest BCUT2D eigenvalue weighted by Gasteiger charge is -2.26. The van der Waals surface area contributed by atoms with Crippen LogP contribution in [-0.2, 0) is 21.7 Å². The van der Waals surface area contributed by atoms with E-state index in [4.69, 9.17) is 9.97 Å². The van der Waals surface area contributed by atoms with Crippen LogP contribution in [0.5, 0.6) is 0 Å². The fourth-order valence-corrected chi connectivity index (χ4v) is 10.1. The Morgan fingerprint density at radius 1 is 0.308 bits per heavy atom. The lowest BCUT2D eigenvalue weighted by atomic mass is 9.79. The molecular weight excluding hydrogens is 805 g/mol. The van der Waals surface area contributed by atoms with Crippen molar-refractivity contribution in [1.29, 1.82) is 0 Å². The van der Waals surface area contributed by atoms with E-state index in [1.165, 1.54) is 75.8 Å². The second kappa shape index (κ2) is 16.4. The molecule has 3 aromatic heterocycles. The van der Waals surface area contributed by atoms with E-state index < -0.39 is 0 Å². The van der Waals surface area contributed by atoms with Crippen LogP contribution in [0.4, 0.5) is 0 Å². The largest absolute Gasteiger partial charge is 0.256 e. The molecule has 9 rings (SSSR count). The zero-order valence-electron chi connectivity index (χ0n) is 40.3. The molecule has 0 N–H and O–H groups in total. The highest BCUT2D eigenvalue weighted by Gasteiger charge is 2.23. The van der Waals surface area contributed by atoms with Gasteiger partial charge in [-0.1, -0.05) is 192 Å². The minimum atomic E-state index is 0.0539. The summed E-state index contributed by atoms with van der Waals surface area (Å²) in [5, 5.41) is 2.59. The number of nitrogens with zero attached hydrogens (tertiary/aromatic N) is 2. The van der Waals surface area contributed by atoms with Crippen molar-refractivity contribution in [3.63, 3.8) is 0 Å². The van der Waals surface area contributed by atoms with Gasteiger partial charge >= 0.3 is 0 Å². The summed E-state index contributed by atoms with van der Waals surface area (Å²) >= 11 is 1.89. The lowest BCUT2D eigenvalue weighted by Crippen LogP contribution is -2.16. The monoisotopic (exact) mass is 866 g/mol. The van der Waals surface area contributed by atoms with Crippen molar-refractivity contribution in [1.82, 2.24) is 9.97 Å². The van der Waals surface area contributed by atoms with Gasteiger partial charge in [-0.3, -0.25) is 9.97 Å². The molecule has 0 atom stereocenters. The SMILES string of the molecule is CC(C)(C)c1cc(-c2ccc(-c3ccc(-c4cccc5c4sc4c(-c6ccc(-c7ccc(-c8cc(C(C)(C)C)cc(C(C)(C)C)c8)nc7)cc6)cccc45)cc3)cn2)cc(C(C)(C)C)c1. The van der Waals surface area contributed by atoms with Crippen LogP contribution in [0.15, 0.2) is 158 Å². The van der Waals surface area contributed by atoms with E-state index in [0.717, 1.165) is 33.6 Å². The summed E-state index contributed by atoms with van der Waals surface area (Å²) in [6.07, 6.45) is 4.04. The van der Waals surface area contributed by atoms with E-state index in [9.17, 15) is 0 Å². The van der Waals surface area contributed by atoms with Gasteiger partial charge < -0.3 is 0 Å². The Morgan fingerprint density at radius 2 is 0.615 bits per heavy atom. The predicted molar refractivity (Wildman–Crippen MR) is 282 cm³/mol. The van der Waals surface area contributed by atoms with Crippen LogP contribution in [0.3, 0.4) is 0 Å². The average Bonchev–Trinajstić information content (AvgIpc) is 3.67. The van der Waals surface area contributed by atoms with Gasteiger partial charge in [-0.15, -0.1) is 11.3 Å². The van der Waals surface area contributed by atoms with Gasteiger partial charge in [0.05, 0.1) is 11.4 Å². The van der Waals surface area contributed by atoms with Crippen LogP contribution < -0.4 is 0 Å². The topological polar surface area (TPSA) is 25.8 Å². The molecule has 65 heavy (non-hydrogen) atoms. The van der Waals surface area contributed by atoms with Crippen LogP contribution in [0.2, 0.25) is 0 Å². The van der Waals surface area contributed by atoms with E-state index >= 15 is 0 Å². The van der Waals surface area contributed by atoms with Crippen molar-refractivity contribution >= 4 is 31.5 Å². The molecule has 0 amide bonds. The van der Waals surface area contributed by atoms with Crippen molar-refractivity contribution in [3.8, 4) is 67.0 Å². The van der Waals surface area contributed by atoms with Crippen LogP contribution in [0, 0.1) is 0 Å². The van der Waals surface area contributed by atoms with Gasteiger partial charge in [-0.25, -0.2) is 0 Å². The van der Waals surface area contributed by atoms with Crippen LogP contribution in [-0.4, -0.2) is 9.97 Å². The molecule has 0 spiro atoms. The molecule has 0 bridgehead atoms. The van der Waals surface area contributed by atoms with Crippen molar-refractivity contribution in [2.45, 2.75) is 105 Å². The lowest BCUT2D eigenvalue weighted by molar-refractivity contribution is 0.568. The van der Waals surface area contributed by atoms with Crippen molar-refractivity contribution < 1.29 is 0 Å². The normalized spacial score (nSPS) is 12.6. The maximum Gasteiger partial charge on any atom is 0.0702 e. The number of benzene rings is 6. The Bertz CT molecular complexity index is 2890. The van der Waals surface area contributed by atoms with E-state index in [1.807, 2.05) is 23.7 Å². The minimum Gasteiger partial charge on any atom is -0.256 e. The fourth-order valence-electron chi connectivity index (χ4n) is 8.71. The van der Waals surface area contributed by atoms with Crippen LogP contribution in [0.25, 0.3) is 87.2 Å². The molecule has 0 aliphatic rings. The van der Waals surface area contributed by atoms with Gasteiger partial charge in [0.2, 0.25) is 0 Å². The number of hydrogen-bond donors (Lipinski definition) is 0. The summed E-state index contributed by atoms with van der Waals surface area (Å²) in [7, 11) is 0. The maximum absolute atomic E-state index is 5.00. The molecule has 326 valence electrons. The van der Waals surface area contributed by atoms with Gasteiger partial charge in [0.1, 0.15) is 0 Å². The molecule has 2 nitrogen and oxygen atoms in total. The molecule has 9 aromatic rings. The Labute approximate surface area is 391 Å². The molecule has 6 aromatic carbocycles. The average molecular weight is 867 g/mol. The van der Waals surface area contributed by atoms with Crippen LogP contribution in [0.1, 0.15) is 105 Å². The van der Waals surface area contributed by atoms with Crippen molar-refractivity contribution in [3.05, 3.63) is 180 Å². The number of aromatic nitrogens is 2. The van der Waals surface area contributed by atoms with Gasteiger partial charge in [0.15, 0.2) is 0 Å². The molecule has 0 saturated carbocycles. The molecule has 0 aliphatic carbocycles. The van der Waals surface area contributed by atoms with Crippen molar-refractivity contribution in [2.24, 2.45) is 0 Å². The van der Waals surface area contributed by atoms with E-state index in [2.05, 4.69) is 229 Å². The Balaban J connectivity index is 0.970. The van der Waals surface area contributed by atoms with Gasteiger partial charge in [0, 0.05) is 54.8 Å². The molecule has 0 saturated heterocycles. The number of fused-ring (bicyclic) bond motifs is 3. The molecule has 0 aliphatic heterocycles. The minimum absolute atomic E-state index is 0.0539. The summed E-state index contributed by atoms with van der Waals surface area (Å²) < 4.78 is 2.62. The predicted octanol–water partition coefficient (Wildman–Crippen LogP) is 18.0. The highest BCUT2D eigenvalue weighted by Crippen LogP contribution is 2.44. The number of rotatable bonds is 6. The first kappa shape index (κ1) is 44.1. The molecule has 3 heterocycles. The van der Waals surface area contributed by atoms with E-state index in [-0.39, 0.29) is 21.7 Å². The zero-order chi connectivity index (χ0) is 46.1. The van der Waals surface area contributed by atoms with Crippen LogP contribution >= 0.6 is 11.3 Å². The smallest absolute Gasteiger partial charge is 0.0702 e. The second-order valence-electron chi connectivity index (χ2n) is 22.1. The summed E-state index contributed by atoms with van der Waals surface area (Å²) in [5.74, 6) is 0. The quantitative estimate of drug-likeness (QED) is 0.166. The summed E-state index contributed by atoms with van der Waals surface area (Å²) in [4.78, 5) is 10.0. The van der Waals surface area contributed by atoms with Crippen molar-refractivity contribution in [2.75, 3.05) is 0 Å². The summed E-state index contributed by atoms with van der Waals surface area (Å²) in [5.41, 5.74) is 19.4. The van der Waals surface area contributed by atoms with Gasteiger partial charge in [-0.05, 0) is 114 Å². The number of hydrogen-bond acceptors (Lipinski definition) is 3. The first-order valence-electron chi connectivity index (χ1n) is 23.1. The fraction of sp³-hybridized carbons (Fsp3) is 0.258. The molecule has 0 unspecified atom stereocenters. The highest BCUT2D eigenvalue weighted by molar-refractivity contribution is 7.26. The Hall–Kier alpha value is -6.16. The van der Waals surface area contributed by atoms with E-state index in [1.54, 1.807) is 0 Å². The Kier molecular flexibility index (Phi) is 11.1.